The first-order valence-electron chi connectivity index (χ1n) is 7.18. The summed E-state index contributed by atoms with van der Waals surface area (Å²) in [5.74, 6) is 1.03. The summed E-state index contributed by atoms with van der Waals surface area (Å²) in [6.07, 6.45) is -4.54. The van der Waals surface area contributed by atoms with Crippen LogP contribution in [0.5, 0.6) is 11.5 Å². The summed E-state index contributed by atoms with van der Waals surface area (Å²) >= 11 is 0. The van der Waals surface area contributed by atoms with Crippen LogP contribution in [0.1, 0.15) is 11.3 Å². The van der Waals surface area contributed by atoms with E-state index in [4.69, 9.17) is 14.0 Å². The minimum absolute atomic E-state index is 0.121. The summed E-state index contributed by atoms with van der Waals surface area (Å²) in [7, 11) is 0. The number of aromatic nitrogens is 2. The van der Waals surface area contributed by atoms with E-state index in [-0.39, 0.29) is 22.5 Å². The van der Waals surface area contributed by atoms with E-state index in [1.54, 1.807) is 18.2 Å². The maximum Gasteiger partial charge on any atom is 0.417 e. The molecule has 0 saturated heterocycles. The second-order valence-corrected chi connectivity index (χ2v) is 5.36. The number of rotatable bonds is 1. The molecule has 1 aromatic carbocycles. The molecule has 0 amide bonds. The van der Waals surface area contributed by atoms with Gasteiger partial charge in [0.05, 0.1) is 22.3 Å². The van der Waals surface area contributed by atoms with Gasteiger partial charge in [-0.2, -0.15) is 13.2 Å². The lowest BCUT2D eigenvalue weighted by molar-refractivity contribution is -0.136. The van der Waals surface area contributed by atoms with Crippen LogP contribution in [0.2, 0.25) is 0 Å². The molecule has 1 aliphatic rings. The highest BCUT2D eigenvalue weighted by Gasteiger charge is 2.35. The van der Waals surface area contributed by atoms with Crippen LogP contribution in [0.15, 0.2) is 28.8 Å². The van der Waals surface area contributed by atoms with E-state index in [9.17, 15) is 13.2 Å². The predicted octanol–water partition coefficient (Wildman–Crippen LogP) is 3.99. The summed E-state index contributed by atoms with van der Waals surface area (Å²) in [5, 5.41) is 3.47. The van der Waals surface area contributed by atoms with Crippen molar-refractivity contribution >= 4 is 11.1 Å². The Morgan fingerprint density at radius 3 is 2.54 bits per heavy atom. The van der Waals surface area contributed by atoms with Gasteiger partial charge in [0.15, 0.2) is 11.5 Å². The molecule has 1 aliphatic heterocycles. The van der Waals surface area contributed by atoms with Gasteiger partial charge in [-0.3, -0.25) is 0 Å². The van der Waals surface area contributed by atoms with Gasteiger partial charge in [-0.1, -0.05) is 5.16 Å². The fourth-order valence-electron chi connectivity index (χ4n) is 2.67. The lowest BCUT2D eigenvalue weighted by Gasteiger charge is -2.19. The van der Waals surface area contributed by atoms with Crippen LogP contribution < -0.4 is 9.47 Å². The largest absolute Gasteiger partial charge is 0.486 e. The van der Waals surface area contributed by atoms with Crippen molar-refractivity contribution in [3.8, 4) is 22.8 Å². The van der Waals surface area contributed by atoms with Crippen molar-refractivity contribution in [1.29, 1.82) is 0 Å². The van der Waals surface area contributed by atoms with Gasteiger partial charge in [-0.05, 0) is 31.2 Å². The summed E-state index contributed by atoms with van der Waals surface area (Å²) in [4.78, 5) is 4.16. The van der Waals surface area contributed by atoms with Gasteiger partial charge >= 0.3 is 6.18 Å². The lowest BCUT2D eigenvalue weighted by atomic mass is 10.0. The highest BCUT2D eigenvalue weighted by atomic mass is 19.4. The standard InChI is InChI=1S/C16H11F3N2O3/c1-8-14-10(16(17,18)19)7-11(20-15(14)24-21-8)9-2-3-12-13(6-9)23-5-4-22-12/h2-3,6-7H,4-5H2,1H3. The van der Waals surface area contributed by atoms with Crippen LogP contribution in [0.4, 0.5) is 13.2 Å². The summed E-state index contributed by atoms with van der Waals surface area (Å²) in [6.45, 7) is 2.27. The fourth-order valence-corrected chi connectivity index (χ4v) is 2.67. The number of ether oxygens (including phenoxy) is 2. The third-order valence-corrected chi connectivity index (χ3v) is 3.76. The molecule has 3 heterocycles. The molecule has 5 nitrogen and oxygen atoms in total. The molecular formula is C16H11F3N2O3. The van der Waals surface area contributed by atoms with Crippen LogP contribution in [0, 0.1) is 6.92 Å². The molecule has 2 aromatic heterocycles. The smallest absolute Gasteiger partial charge is 0.417 e. The Morgan fingerprint density at radius 2 is 1.79 bits per heavy atom. The Kier molecular flexibility index (Phi) is 3.16. The van der Waals surface area contributed by atoms with Crippen molar-refractivity contribution < 1.29 is 27.2 Å². The van der Waals surface area contributed by atoms with Crippen molar-refractivity contribution in [1.82, 2.24) is 10.1 Å². The number of alkyl halides is 3. The molecule has 0 fully saturated rings. The van der Waals surface area contributed by atoms with Crippen molar-refractivity contribution in [3.05, 3.63) is 35.5 Å². The zero-order valence-electron chi connectivity index (χ0n) is 12.5. The zero-order chi connectivity index (χ0) is 16.9. The highest BCUT2D eigenvalue weighted by Crippen LogP contribution is 2.39. The molecule has 0 unspecified atom stereocenters. The van der Waals surface area contributed by atoms with Gasteiger partial charge in [-0.15, -0.1) is 0 Å². The van der Waals surface area contributed by atoms with E-state index in [0.717, 1.165) is 6.07 Å². The maximum atomic E-state index is 13.4. The first-order valence-corrected chi connectivity index (χ1v) is 7.18. The molecule has 0 bridgehead atoms. The average molecular weight is 336 g/mol. The van der Waals surface area contributed by atoms with Crippen molar-refractivity contribution in [2.45, 2.75) is 13.1 Å². The maximum absolute atomic E-state index is 13.4. The predicted molar refractivity (Wildman–Crippen MR) is 78.0 cm³/mol. The topological polar surface area (TPSA) is 57.4 Å². The number of nitrogens with zero attached hydrogens (tertiary/aromatic N) is 2. The summed E-state index contributed by atoms with van der Waals surface area (Å²) in [6, 6.07) is 5.88. The monoisotopic (exact) mass is 336 g/mol. The van der Waals surface area contributed by atoms with E-state index in [2.05, 4.69) is 10.1 Å². The minimum Gasteiger partial charge on any atom is -0.486 e. The first-order chi connectivity index (χ1) is 11.4. The van der Waals surface area contributed by atoms with E-state index in [1.165, 1.54) is 6.92 Å². The number of aryl methyl sites for hydroxylation is 1. The lowest BCUT2D eigenvalue weighted by Crippen LogP contribution is -2.15. The second-order valence-electron chi connectivity index (χ2n) is 5.36. The molecule has 24 heavy (non-hydrogen) atoms. The summed E-state index contributed by atoms with van der Waals surface area (Å²) < 4.78 is 56.0. The molecule has 0 atom stereocenters. The normalized spacial score (nSPS) is 14.2. The second kappa shape index (κ2) is 5.12. The highest BCUT2D eigenvalue weighted by molar-refractivity contribution is 5.84. The quantitative estimate of drug-likeness (QED) is 0.672. The van der Waals surface area contributed by atoms with Crippen molar-refractivity contribution in [2.75, 3.05) is 13.2 Å². The molecule has 124 valence electrons. The van der Waals surface area contributed by atoms with Crippen LogP contribution in [-0.2, 0) is 6.18 Å². The van der Waals surface area contributed by atoms with Gasteiger partial charge in [0, 0.05) is 5.56 Å². The van der Waals surface area contributed by atoms with Crippen molar-refractivity contribution in [3.63, 3.8) is 0 Å². The van der Waals surface area contributed by atoms with Gasteiger partial charge in [0.25, 0.3) is 5.71 Å². The van der Waals surface area contributed by atoms with Crippen LogP contribution in [-0.4, -0.2) is 23.4 Å². The Morgan fingerprint density at radius 1 is 1.04 bits per heavy atom. The molecule has 0 spiro atoms. The summed E-state index contributed by atoms with van der Waals surface area (Å²) in [5.41, 5.74) is -0.217. The fraction of sp³-hybridized carbons (Fsp3) is 0.250. The van der Waals surface area contributed by atoms with E-state index >= 15 is 0 Å². The minimum atomic E-state index is -4.54. The van der Waals surface area contributed by atoms with E-state index < -0.39 is 11.7 Å². The molecule has 0 radical (unpaired) electrons. The third kappa shape index (κ3) is 2.34. The number of pyridine rings is 1. The molecule has 3 aromatic rings. The van der Waals surface area contributed by atoms with Crippen LogP contribution >= 0.6 is 0 Å². The van der Waals surface area contributed by atoms with Gasteiger partial charge in [-0.25, -0.2) is 4.98 Å². The Labute approximate surface area is 134 Å². The Balaban J connectivity index is 1.91. The van der Waals surface area contributed by atoms with Crippen molar-refractivity contribution in [2.24, 2.45) is 0 Å². The van der Waals surface area contributed by atoms with E-state index in [1.807, 2.05) is 0 Å². The van der Waals surface area contributed by atoms with Crippen LogP contribution in [0.3, 0.4) is 0 Å². The van der Waals surface area contributed by atoms with Gasteiger partial charge in [0.2, 0.25) is 0 Å². The molecular weight excluding hydrogens is 325 g/mol. The molecule has 8 heteroatoms. The first kappa shape index (κ1) is 14.8. The average Bonchev–Trinajstić information content (AvgIpc) is 2.94. The molecule has 0 N–H and O–H groups in total. The number of hydrogen-bond acceptors (Lipinski definition) is 5. The number of fused-ring (bicyclic) bond motifs is 2. The molecule has 4 rings (SSSR count). The third-order valence-electron chi connectivity index (χ3n) is 3.76. The number of benzene rings is 1. The van der Waals surface area contributed by atoms with E-state index in [0.29, 0.717) is 30.3 Å². The molecule has 0 aliphatic carbocycles. The van der Waals surface area contributed by atoms with Crippen LogP contribution in [0.25, 0.3) is 22.4 Å². The van der Waals surface area contributed by atoms with Gasteiger partial charge < -0.3 is 14.0 Å². The SMILES string of the molecule is Cc1noc2nc(-c3ccc4c(c3)OCCO4)cc(C(F)(F)F)c12. The van der Waals surface area contributed by atoms with Gasteiger partial charge in [0.1, 0.15) is 13.2 Å². The molecule has 0 saturated carbocycles. The Hall–Kier alpha value is -2.77. The number of hydrogen-bond donors (Lipinski definition) is 0. The number of halogens is 3. The Bertz CT molecular complexity index is 934. The zero-order valence-corrected chi connectivity index (χ0v) is 12.5.